The van der Waals surface area contributed by atoms with Gasteiger partial charge < -0.3 is 14.4 Å². The third-order valence-electron chi connectivity index (χ3n) is 1.65. The maximum atomic E-state index is 11.0. The van der Waals surface area contributed by atoms with E-state index in [1.807, 2.05) is 0 Å². The van der Waals surface area contributed by atoms with Gasteiger partial charge in [0.25, 0.3) is 0 Å². The molecule has 1 fully saturated rings. The monoisotopic (exact) mass is 193 g/mol. The number of amides is 1. The van der Waals surface area contributed by atoms with E-state index in [0.717, 1.165) is 0 Å². The number of halogens is 1. The van der Waals surface area contributed by atoms with Crippen molar-refractivity contribution in [2.45, 2.75) is 6.29 Å². The van der Waals surface area contributed by atoms with Crippen LogP contribution in [-0.4, -0.2) is 49.8 Å². The number of rotatable bonds is 3. The van der Waals surface area contributed by atoms with E-state index in [4.69, 9.17) is 21.1 Å². The maximum absolute atomic E-state index is 11.0. The van der Waals surface area contributed by atoms with Crippen molar-refractivity contribution in [1.29, 1.82) is 0 Å². The standard InChI is InChI=1S/C7H12ClNO3/c1-9(6(10)4-8)5-7-11-2-3-12-7/h7H,2-5H2,1H3. The van der Waals surface area contributed by atoms with Gasteiger partial charge in [0.2, 0.25) is 5.91 Å². The van der Waals surface area contributed by atoms with Gasteiger partial charge in [-0.15, -0.1) is 11.6 Å². The van der Waals surface area contributed by atoms with Crippen LogP contribution in [-0.2, 0) is 14.3 Å². The SMILES string of the molecule is CN(CC1OCCO1)C(=O)CCl. The Morgan fingerprint density at radius 1 is 1.58 bits per heavy atom. The van der Waals surface area contributed by atoms with E-state index in [1.54, 1.807) is 7.05 Å². The van der Waals surface area contributed by atoms with Gasteiger partial charge in [-0.3, -0.25) is 4.79 Å². The molecule has 4 nitrogen and oxygen atoms in total. The highest BCUT2D eigenvalue weighted by Gasteiger charge is 2.19. The zero-order valence-corrected chi connectivity index (χ0v) is 7.71. The number of nitrogens with zero attached hydrogens (tertiary/aromatic N) is 1. The van der Waals surface area contributed by atoms with Crippen molar-refractivity contribution >= 4 is 17.5 Å². The highest BCUT2D eigenvalue weighted by molar-refractivity contribution is 6.27. The third-order valence-corrected chi connectivity index (χ3v) is 1.88. The molecule has 0 bridgehead atoms. The average Bonchev–Trinajstić information content (AvgIpc) is 2.55. The van der Waals surface area contributed by atoms with E-state index < -0.39 is 0 Å². The molecule has 0 unspecified atom stereocenters. The van der Waals surface area contributed by atoms with E-state index in [0.29, 0.717) is 19.8 Å². The van der Waals surface area contributed by atoms with Gasteiger partial charge in [0.05, 0.1) is 19.8 Å². The summed E-state index contributed by atoms with van der Waals surface area (Å²) in [7, 11) is 1.68. The maximum Gasteiger partial charge on any atom is 0.237 e. The van der Waals surface area contributed by atoms with Crippen LogP contribution in [0.25, 0.3) is 0 Å². The molecule has 0 aromatic rings. The summed E-state index contributed by atoms with van der Waals surface area (Å²) in [6, 6.07) is 0. The predicted octanol–water partition coefficient (Wildman–Crippen LogP) is 0.0565. The molecule has 1 rings (SSSR count). The molecule has 0 aromatic carbocycles. The highest BCUT2D eigenvalue weighted by atomic mass is 35.5. The molecule has 0 N–H and O–H groups in total. The van der Waals surface area contributed by atoms with E-state index in [-0.39, 0.29) is 18.1 Å². The number of hydrogen-bond acceptors (Lipinski definition) is 3. The summed E-state index contributed by atoms with van der Waals surface area (Å²) in [6.07, 6.45) is -0.276. The van der Waals surface area contributed by atoms with Crippen LogP contribution >= 0.6 is 11.6 Å². The summed E-state index contributed by atoms with van der Waals surface area (Å²) in [6.45, 7) is 1.66. The first-order valence-corrected chi connectivity index (χ1v) is 4.30. The van der Waals surface area contributed by atoms with Crippen molar-refractivity contribution in [2.24, 2.45) is 0 Å². The van der Waals surface area contributed by atoms with E-state index in [9.17, 15) is 4.79 Å². The lowest BCUT2D eigenvalue weighted by Gasteiger charge is -2.18. The summed E-state index contributed by atoms with van der Waals surface area (Å²) in [5, 5.41) is 0. The fourth-order valence-electron chi connectivity index (χ4n) is 0.940. The van der Waals surface area contributed by atoms with Gasteiger partial charge >= 0.3 is 0 Å². The Hall–Kier alpha value is -0.320. The summed E-state index contributed by atoms with van der Waals surface area (Å²) < 4.78 is 10.3. The Bertz CT molecular complexity index is 159. The fraction of sp³-hybridized carbons (Fsp3) is 0.857. The van der Waals surface area contributed by atoms with Crippen LogP contribution in [0.2, 0.25) is 0 Å². The van der Waals surface area contributed by atoms with E-state index in [2.05, 4.69) is 0 Å². The van der Waals surface area contributed by atoms with Crippen LogP contribution in [0, 0.1) is 0 Å². The molecule has 0 aromatic heterocycles. The fourth-order valence-corrected chi connectivity index (χ4v) is 1.14. The molecule has 0 spiro atoms. The zero-order valence-electron chi connectivity index (χ0n) is 6.96. The number of ether oxygens (including phenoxy) is 2. The minimum absolute atomic E-state index is 0.00319. The van der Waals surface area contributed by atoms with Crippen LogP contribution in [0.15, 0.2) is 0 Å². The second-order valence-corrected chi connectivity index (χ2v) is 2.85. The molecule has 0 atom stereocenters. The summed E-state index contributed by atoms with van der Waals surface area (Å²) in [5.41, 5.74) is 0. The van der Waals surface area contributed by atoms with Crippen LogP contribution < -0.4 is 0 Å². The van der Waals surface area contributed by atoms with Crippen LogP contribution in [0.5, 0.6) is 0 Å². The summed E-state index contributed by atoms with van der Waals surface area (Å²) in [4.78, 5) is 12.5. The van der Waals surface area contributed by atoms with Crippen molar-refractivity contribution in [2.75, 3.05) is 32.7 Å². The normalized spacial score (nSPS) is 18.2. The van der Waals surface area contributed by atoms with Crippen molar-refractivity contribution in [3.05, 3.63) is 0 Å². The molecule has 70 valence electrons. The van der Waals surface area contributed by atoms with Crippen LogP contribution in [0.3, 0.4) is 0 Å². The first-order valence-electron chi connectivity index (χ1n) is 3.77. The summed E-state index contributed by atoms with van der Waals surface area (Å²) >= 11 is 5.36. The van der Waals surface area contributed by atoms with Gasteiger partial charge in [-0.25, -0.2) is 0 Å². The molecule has 0 saturated carbocycles. The Morgan fingerprint density at radius 3 is 2.67 bits per heavy atom. The second kappa shape index (κ2) is 4.64. The van der Waals surface area contributed by atoms with Crippen LogP contribution in [0.4, 0.5) is 0 Å². The first kappa shape index (κ1) is 9.77. The highest BCUT2D eigenvalue weighted by Crippen LogP contribution is 2.04. The van der Waals surface area contributed by atoms with Crippen molar-refractivity contribution in [1.82, 2.24) is 4.90 Å². The van der Waals surface area contributed by atoms with Crippen molar-refractivity contribution in [3.63, 3.8) is 0 Å². The van der Waals surface area contributed by atoms with Crippen molar-refractivity contribution < 1.29 is 14.3 Å². The van der Waals surface area contributed by atoms with Gasteiger partial charge in [0, 0.05) is 7.05 Å². The lowest BCUT2D eigenvalue weighted by atomic mass is 10.5. The average molecular weight is 194 g/mol. The lowest BCUT2D eigenvalue weighted by Crippen LogP contribution is -2.35. The molecular formula is C7H12ClNO3. The molecule has 1 amide bonds. The Kier molecular flexibility index (Phi) is 3.78. The number of alkyl halides is 1. The van der Waals surface area contributed by atoms with Gasteiger partial charge in [-0.2, -0.15) is 0 Å². The Morgan fingerprint density at radius 2 is 2.17 bits per heavy atom. The zero-order chi connectivity index (χ0) is 8.97. The first-order chi connectivity index (χ1) is 5.74. The van der Waals surface area contributed by atoms with E-state index in [1.165, 1.54) is 4.90 Å². The van der Waals surface area contributed by atoms with E-state index >= 15 is 0 Å². The molecular weight excluding hydrogens is 182 g/mol. The predicted molar refractivity (Wildman–Crippen MR) is 44.0 cm³/mol. The number of carbonyl (C=O) groups excluding carboxylic acids is 1. The molecule has 1 heterocycles. The van der Waals surface area contributed by atoms with Gasteiger partial charge in [0.15, 0.2) is 6.29 Å². The molecule has 0 radical (unpaired) electrons. The number of hydrogen-bond donors (Lipinski definition) is 0. The Balaban J connectivity index is 2.24. The smallest absolute Gasteiger partial charge is 0.237 e. The van der Waals surface area contributed by atoms with Gasteiger partial charge in [0.1, 0.15) is 5.88 Å². The topological polar surface area (TPSA) is 38.8 Å². The minimum atomic E-state index is -0.276. The molecule has 1 aliphatic rings. The molecule has 12 heavy (non-hydrogen) atoms. The van der Waals surface area contributed by atoms with Crippen molar-refractivity contribution in [3.8, 4) is 0 Å². The molecule has 5 heteroatoms. The van der Waals surface area contributed by atoms with Gasteiger partial charge in [-0.05, 0) is 0 Å². The largest absolute Gasteiger partial charge is 0.348 e. The molecule has 1 saturated heterocycles. The quantitative estimate of drug-likeness (QED) is 0.595. The second-order valence-electron chi connectivity index (χ2n) is 2.58. The molecule has 1 aliphatic heterocycles. The minimum Gasteiger partial charge on any atom is -0.348 e. The number of likely N-dealkylation sites (N-methyl/N-ethyl adjacent to an activating group) is 1. The summed E-state index contributed by atoms with van der Waals surface area (Å²) in [5.74, 6) is -0.112. The lowest BCUT2D eigenvalue weighted by molar-refractivity contribution is -0.132. The van der Waals surface area contributed by atoms with Gasteiger partial charge in [-0.1, -0.05) is 0 Å². The Labute approximate surface area is 76.4 Å². The molecule has 0 aliphatic carbocycles. The van der Waals surface area contributed by atoms with Crippen LogP contribution in [0.1, 0.15) is 0 Å². The number of carbonyl (C=O) groups is 1. The third kappa shape index (κ3) is 2.62.